The van der Waals surface area contributed by atoms with Crippen molar-refractivity contribution in [2.24, 2.45) is 0 Å². The molecule has 0 saturated carbocycles. The van der Waals surface area contributed by atoms with Gasteiger partial charge in [0.25, 0.3) is 0 Å². The van der Waals surface area contributed by atoms with Gasteiger partial charge in [0.2, 0.25) is 0 Å². The first-order valence-corrected chi connectivity index (χ1v) is 7.14. The van der Waals surface area contributed by atoms with Crippen LogP contribution in [-0.4, -0.2) is 14.5 Å². The monoisotopic (exact) mass is 276 g/mol. The Labute approximate surface area is 124 Å². The summed E-state index contributed by atoms with van der Waals surface area (Å²) >= 11 is 0. The van der Waals surface area contributed by atoms with Crippen LogP contribution >= 0.6 is 0 Å². The number of imidazole rings is 1. The normalized spacial score (nSPS) is 10.7. The van der Waals surface area contributed by atoms with Gasteiger partial charge in [-0.25, -0.2) is 9.97 Å². The molecule has 21 heavy (non-hydrogen) atoms. The summed E-state index contributed by atoms with van der Waals surface area (Å²) in [6, 6.07) is 11.5. The van der Waals surface area contributed by atoms with Crippen LogP contribution in [0.1, 0.15) is 25.3 Å². The molecule has 0 aliphatic carbocycles. The fourth-order valence-corrected chi connectivity index (χ4v) is 2.29. The summed E-state index contributed by atoms with van der Waals surface area (Å²) in [6.45, 7) is 3.18. The molecule has 1 aromatic carbocycles. The summed E-state index contributed by atoms with van der Waals surface area (Å²) in [7, 11) is 0. The highest BCUT2D eigenvalue weighted by atomic mass is 15.0. The van der Waals surface area contributed by atoms with E-state index in [4.69, 9.17) is 5.26 Å². The molecule has 104 valence electrons. The van der Waals surface area contributed by atoms with Gasteiger partial charge in [-0.3, -0.25) is 0 Å². The van der Waals surface area contributed by atoms with Crippen molar-refractivity contribution in [3.05, 3.63) is 48.3 Å². The number of nitriles is 1. The summed E-state index contributed by atoms with van der Waals surface area (Å²) in [5.74, 6) is 0.676. The molecule has 0 amide bonds. The molecular formula is C17H16N4. The number of aromatic nitrogens is 3. The van der Waals surface area contributed by atoms with E-state index in [1.807, 2.05) is 36.7 Å². The molecule has 2 aliphatic heterocycles. The largest absolute Gasteiger partial charge is 0.352 e. The van der Waals surface area contributed by atoms with Gasteiger partial charge in [0.1, 0.15) is 5.69 Å². The van der Waals surface area contributed by atoms with Crippen molar-refractivity contribution in [1.29, 1.82) is 5.26 Å². The van der Waals surface area contributed by atoms with Crippen molar-refractivity contribution in [1.82, 2.24) is 14.5 Å². The van der Waals surface area contributed by atoms with Crippen LogP contribution in [0.15, 0.2) is 42.7 Å². The summed E-state index contributed by atoms with van der Waals surface area (Å²) in [5.41, 5.74) is 3.29. The van der Waals surface area contributed by atoms with Crippen LogP contribution in [0, 0.1) is 11.3 Å². The summed E-state index contributed by atoms with van der Waals surface area (Å²) in [4.78, 5) is 9.13. The highest BCUT2D eigenvalue weighted by Gasteiger charge is 2.12. The van der Waals surface area contributed by atoms with Crippen LogP contribution < -0.4 is 0 Å². The van der Waals surface area contributed by atoms with E-state index < -0.39 is 0 Å². The van der Waals surface area contributed by atoms with Crippen molar-refractivity contribution < 1.29 is 0 Å². The third-order valence-corrected chi connectivity index (χ3v) is 3.45. The van der Waals surface area contributed by atoms with Crippen LogP contribution in [0.25, 0.3) is 22.8 Å². The second-order valence-electron chi connectivity index (χ2n) is 5.05. The zero-order valence-corrected chi connectivity index (χ0v) is 12.0. The van der Waals surface area contributed by atoms with Gasteiger partial charge in [0.15, 0.2) is 5.82 Å². The van der Waals surface area contributed by atoms with E-state index in [9.17, 15) is 0 Å². The molecule has 0 N–H and O–H groups in total. The van der Waals surface area contributed by atoms with Crippen molar-refractivity contribution in [2.75, 3.05) is 0 Å². The average molecular weight is 276 g/mol. The Kier molecular flexibility index (Phi) is 3.65. The molecular weight excluding hydrogens is 260 g/mol. The molecule has 0 fully saturated rings. The van der Waals surface area contributed by atoms with E-state index in [1.165, 1.54) is 6.42 Å². The fraction of sp³-hybridized carbons (Fsp3) is 0.235. The third kappa shape index (κ3) is 2.77. The van der Waals surface area contributed by atoms with Crippen molar-refractivity contribution in [3.63, 3.8) is 0 Å². The Bertz CT molecular complexity index is 767. The average Bonchev–Trinajstić information content (AvgIpc) is 2.96. The van der Waals surface area contributed by atoms with Gasteiger partial charge in [-0.1, -0.05) is 25.5 Å². The smallest absolute Gasteiger partial charge is 0.160 e. The van der Waals surface area contributed by atoms with Gasteiger partial charge in [-0.15, -0.1) is 0 Å². The highest BCUT2D eigenvalue weighted by molar-refractivity contribution is 5.66. The van der Waals surface area contributed by atoms with E-state index in [0.717, 1.165) is 29.9 Å². The molecule has 0 spiro atoms. The third-order valence-electron chi connectivity index (χ3n) is 3.45. The SMILES string of the molecule is CCCCn1ccc2nc(-c3cccc(C#N)c3)nc-2c1. The van der Waals surface area contributed by atoms with E-state index >= 15 is 0 Å². The molecule has 0 unspecified atom stereocenters. The second-order valence-corrected chi connectivity index (χ2v) is 5.05. The fourth-order valence-electron chi connectivity index (χ4n) is 2.29. The first kappa shape index (κ1) is 13.3. The number of aryl methyl sites for hydroxylation is 1. The minimum atomic E-state index is 0.624. The van der Waals surface area contributed by atoms with Crippen LogP contribution in [0.5, 0.6) is 0 Å². The maximum atomic E-state index is 8.97. The Morgan fingerprint density at radius 2 is 2.05 bits per heavy atom. The zero-order valence-electron chi connectivity index (χ0n) is 12.0. The standard InChI is InChI=1S/C17H16N4/c1-2-3-8-21-9-7-15-16(12-21)20-17(19-15)14-6-4-5-13(10-14)11-18/h4-7,9-10,12H,2-3,8H2,1H3. The van der Waals surface area contributed by atoms with E-state index in [1.54, 1.807) is 6.07 Å². The first-order chi connectivity index (χ1) is 10.3. The number of fused-ring (bicyclic) bond motifs is 1. The number of hydrogen-bond donors (Lipinski definition) is 0. The van der Waals surface area contributed by atoms with Crippen molar-refractivity contribution in [3.8, 4) is 28.8 Å². The highest BCUT2D eigenvalue weighted by Crippen LogP contribution is 2.25. The number of nitrogens with zero attached hydrogens (tertiary/aromatic N) is 4. The lowest BCUT2D eigenvalue weighted by molar-refractivity contribution is 0.628. The van der Waals surface area contributed by atoms with E-state index in [2.05, 4.69) is 27.5 Å². The molecule has 0 bridgehead atoms. The Morgan fingerprint density at radius 3 is 2.86 bits per heavy atom. The lowest BCUT2D eigenvalue weighted by atomic mass is 10.1. The van der Waals surface area contributed by atoms with Crippen molar-refractivity contribution in [2.45, 2.75) is 26.3 Å². The number of benzene rings is 1. The number of unbranched alkanes of at least 4 members (excludes halogenated alkanes) is 1. The number of hydrogen-bond acceptors (Lipinski definition) is 3. The lowest BCUT2D eigenvalue weighted by Gasteiger charge is -2.06. The Morgan fingerprint density at radius 1 is 1.19 bits per heavy atom. The minimum absolute atomic E-state index is 0.624. The summed E-state index contributed by atoms with van der Waals surface area (Å²) in [5, 5.41) is 8.97. The van der Waals surface area contributed by atoms with Gasteiger partial charge < -0.3 is 4.57 Å². The summed E-state index contributed by atoms with van der Waals surface area (Å²) < 4.78 is 2.15. The van der Waals surface area contributed by atoms with Crippen LogP contribution in [0.4, 0.5) is 0 Å². The molecule has 4 heteroatoms. The molecule has 2 aliphatic rings. The number of pyridine rings is 1. The van der Waals surface area contributed by atoms with Gasteiger partial charge in [-0.2, -0.15) is 5.26 Å². The first-order valence-electron chi connectivity index (χ1n) is 7.14. The topological polar surface area (TPSA) is 54.5 Å². The molecule has 0 saturated heterocycles. The quantitative estimate of drug-likeness (QED) is 0.729. The predicted octanol–water partition coefficient (Wildman–Crippen LogP) is 3.72. The lowest BCUT2D eigenvalue weighted by Crippen LogP contribution is -1.98. The van der Waals surface area contributed by atoms with Gasteiger partial charge in [0.05, 0.1) is 17.3 Å². The van der Waals surface area contributed by atoms with E-state index in [0.29, 0.717) is 11.4 Å². The molecule has 4 nitrogen and oxygen atoms in total. The molecule has 2 heterocycles. The molecule has 0 atom stereocenters. The van der Waals surface area contributed by atoms with Gasteiger partial charge >= 0.3 is 0 Å². The molecule has 1 aromatic rings. The maximum absolute atomic E-state index is 8.97. The Hall–Kier alpha value is -2.67. The van der Waals surface area contributed by atoms with Crippen LogP contribution in [0.3, 0.4) is 0 Å². The van der Waals surface area contributed by atoms with Gasteiger partial charge in [-0.05, 0) is 24.6 Å². The maximum Gasteiger partial charge on any atom is 0.160 e. The van der Waals surface area contributed by atoms with Crippen LogP contribution in [0.2, 0.25) is 0 Å². The zero-order chi connectivity index (χ0) is 14.7. The molecule has 3 rings (SSSR count). The van der Waals surface area contributed by atoms with Crippen molar-refractivity contribution >= 4 is 0 Å². The molecule has 0 aromatic heterocycles. The summed E-state index contributed by atoms with van der Waals surface area (Å²) in [6.07, 6.45) is 6.41. The van der Waals surface area contributed by atoms with Gasteiger partial charge in [0, 0.05) is 24.5 Å². The van der Waals surface area contributed by atoms with E-state index in [-0.39, 0.29) is 0 Å². The second kappa shape index (κ2) is 5.76. The molecule has 0 radical (unpaired) electrons. The minimum Gasteiger partial charge on any atom is -0.352 e. The predicted molar refractivity (Wildman–Crippen MR) is 81.7 cm³/mol. The number of rotatable bonds is 4. The van der Waals surface area contributed by atoms with Crippen LogP contribution in [-0.2, 0) is 6.54 Å². The Balaban J connectivity index is 1.97.